The maximum atomic E-state index is 13.3. The molecule has 2 amide bonds. The molecule has 8 nitrogen and oxygen atoms in total. The van der Waals surface area contributed by atoms with Gasteiger partial charge in [-0.2, -0.15) is 10.1 Å². The number of rotatable bonds is 8. The van der Waals surface area contributed by atoms with E-state index >= 15 is 0 Å². The van der Waals surface area contributed by atoms with Gasteiger partial charge in [0.15, 0.2) is 0 Å². The van der Waals surface area contributed by atoms with Crippen molar-refractivity contribution in [3.63, 3.8) is 0 Å². The zero-order valence-electron chi connectivity index (χ0n) is 23.0. The number of ether oxygens (including phenoxy) is 2. The highest BCUT2D eigenvalue weighted by Crippen LogP contribution is 2.34. The first-order valence-corrected chi connectivity index (χ1v) is 14.2. The number of esters is 1. The average molecular weight is 616 g/mol. The molecule has 4 aromatic rings. The molecule has 0 aliphatic carbocycles. The van der Waals surface area contributed by atoms with Crippen molar-refractivity contribution in [2.45, 2.75) is 21.3 Å². The van der Waals surface area contributed by atoms with Crippen molar-refractivity contribution >= 4 is 63.9 Å². The van der Waals surface area contributed by atoms with E-state index in [0.717, 1.165) is 15.3 Å². The maximum absolute atomic E-state index is 13.3. The molecule has 0 bridgehead atoms. The molecule has 1 N–H and O–H groups in total. The Labute approximate surface area is 259 Å². The Bertz CT molecular complexity index is 1740. The lowest BCUT2D eigenvalue weighted by Crippen LogP contribution is -2.21. The van der Waals surface area contributed by atoms with Gasteiger partial charge in [-0.05, 0) is 86.2 Å². The molecule has 220 valence electrons. The molecule has 0 unspecified atom stereocenters. The van der Waals surface area contributed by atoms with Crippen molar-refractivity contribution in [2.24, 2.45) is 5.10 Å². The van der Waals surface area contributed by atoms with Crippen LogP contribution in [0.15, 0.2) is 89.5 Å². The van der Waals surface area contributed by atoms with Crippen molar-refractivity contribution < 1.29 is 23.9 Å². The first kappa shape index (κ1) is 31.2. The van der Waals surface area contributed by atoms with Gasteiger partial charge in [0.05, 0.1) is 46.8 Å². The van der Waals surface area contributed by atoms with Crippen LogP contribution < -0.4 is 15.1 Å². The molecule has 1 aromatic heterocycles. The summed E-state index contributed by atoms with van der Waals surface area (Å²) < 4.78 is 10.2. The van der Waals surface area contributed by atoms with Crippen LogP contribution in [-0.2, 0) is 9.53 Å². The van der Waals surface area contributed by atoms with Crippen LogP contribution in [-0.4, -0.2) is 37.2 Å². The molecule has 1 aliphatic rings. The standard InChI is InChI=1S/C32H26ClN3O5S.CH4/c1-4-41-32(39)20-8-11-23(12-9-20)36-31(38)26(19(2)35-36)18-25-13-15-29(42-25)21-10-14-28(33)27(16-21)30(37)34-22-6-5-7-24(17-22)40-3;/h5-18H,4H2,1-3H3,(H,34,37);1H4/b26-18-;. The lowest BCUT2D eigenvalue weighted by atomic mass is 10.1. The molecule has 2 heterocycles. The predicted molar refractivity (Wildman–Crippen MR) is 173 cm³/mol. The smallest absolute Gasteiger partial charge is 0.338 e. The SMILES string of the molecule is C.CCOC(=O)c1ccc(N2N=C(C)/C(=C/c3ccc(-c4ccc(Cl)c(C(=O)Nc5cccc(OC)c5)c4)s3)C2=O)cc1. The van der Waals surface area contributed by atoms with E-state index in [1.165, 1.54) is 16.3 Å². The van der Waals surface area contributed by atoms with Crippen LogP contribution in [0.1, 0.15) is 46.9 Å². The van der Waals surface area contributed by atoms with Gasteiger partial charge in [0.2, 0.25) is 0 Å². The van der Waals surface area contributed by atoms with Gasteiger partial charge in [0.25, 0.3) is 11.8 Å². The molecule has 0 spiro atoms. The summed E-state index contributed by atoms with van der Waals surface area (Å²) in [6.07, 6.45) is 1.80. The van der Waals surface area contributed by atoms with Crippen LogP contribution >= 0.6 is 22.9 Å². The van der Waals surface area contributed by atoms with Gasteiger partial charge < -0.3 is 14.8 Å². The van der Waals surface area contributed by atoms with Crippen LogP contribution in [0.5, 0.6) is 5.75 Å². The summed E-state index contributed by atoms with van der Waals surface area (Å²) in [6, 6.07) is 22.7. The van der Waals surface area contributed by atoms with Gasteiger partial charge in [-0.3, -0.25) is 9.59 Å². The van der Waals surface area contributed by atoms with E-state index in [1.807, 2.05) is 18.2 Å². The fraction of sp³-hybridized carbons (Fsp3) is 0.152. The van der Waals surface area contributed by atoms with Gasteiger partial charge in [0, 0.05) is 21.5 Å². The highest BCUT2D eigenvalue weighted by atomic mass is 35.5. The quantitative estimate of drug-likeness (QED) is 0.160. The van der Waals surface area contributed by atoms with Gasteiger partial charge in [-0.15, -0.1) is 11.3 Å². The van der Waals surface area contributed by atoms with Crippen LogP contribution in [0.25, 0.3) is 16.5 Å². The minimum absolute atomic E-state index is 0. The number of thiophene rings is 1. The first-order chi connectivity index (χ1) is 20.3. The summed E-state index contributed by atoms with van der Waals surface area (Å²) in [6.45, 7) is 3.80. The van der Waals surface area contributed by atoms with Crippen LogP contribution in [0.3, 0.4) is 0 Å². The monoisotopic (exact) mass is 615 g/mol. The Morgan fingerprint density at radius 2 is 1.81 bits per heavy atom. The molecule has 0 saturated heterocycles. The van der Waals surface area contributed by atoms with Crippen molar-refractivity contribution in [3.8, 4) is 16.2 Å². The number of benzene rings is 3. The second-order valence-electron chi connectivity index (χ2n) is 9.21. The Hall–Kier alpha value is -4.73. The lowest BCUT2D eigenvalue weighted by molar-refractivity contribution is -0.114. The zero-order valence-corrected chi connectivity index (χ0v) is 24.6. The van der Waals surface area contributed by atoms with E-state index in [9.17, 15) is 14.4 Å². The van der Waals surface area contributed by atoms with Crippen LogP contribution in [0, 0.1) is 0 Å². The molecular formula is C33H30ClN3O5S. The minimum Gasteiger partial charge on any atom is -0.497 e. The van der Waals surface area contributed by atoms with Gasteiger partial charge in [-0.25, -0.2) is 4.79 Å². The Kier molecular flexibility index (Phi) is 9.80. The number of carbonyl (C=O) groups is 3. The van der Waals surface area contributed by atoms with E-state index in [0.29, 0.717) is 44.6 Å². The highest BCUT2D eigenvalue weighted by Gasteiger charge is 2.29. The third-order valence-electron chi connectivity index (χ3n) is 6.42. The van der Waals surface area contributed by atoms with E-state index in [1.54, 1.807) is 87.7 Å². The van der Waals surface area contributed by atoms with Crippen LogP contribution in [0.2, 0.25) is 5.02 Å². The van der Waals surface area contributed by atoms with Crippen molar-refractivity contribution in [1.29, 1.82) is 0 Å². The van der Waals surface area contributed by atoms with Crippen molar-refractivity contribution in [3.05, 3.63) is 105 Å². The molecule has 10 heteroatoms. The Morgan fingerprint density at radius 1 is 1.05 bits per heavy atom. The molecule has 0 fully saturated rings. The molecule has 0 atom stereocenters. The summed E-state index contributed by atoms with van der Waals surface area (Å²) >= 11 is 7.86. The average Bonchev–Trinajstić information content (AvgIpc) is 3.58. The number of methoxy groups -OCH3 is 1. The predicted octanol–water partition coefficient (Wildman–Crippen LogP) is 7.95. The molecule has 43 heavy (non-hydrogen) atoms. The largest absolute Gasteiger partial charge is 0.497 e. The van der Waals surface area contributed by atoms with Crippen molar-refractivity contribution in [1.82, 2.24) is 0 Å². The highest BCUT2D eigenvalue weighted by molar-refractivity contribution is 7.16. The molecule has 0 radical (unpaired) electrons. The van der Waals surface area contributed by atoms with E-state index < -0.39 is 5.97 Å². The number of carbonyl (C=O) groups excluding carboxylic acids is 3. The third-order valence-corrected chi connectivity index (χ3v) is 7.83. The number of nitrogens with one attached hydrogen (secondary N) is 1. The minimum atomic E-state index is -0.420. The van der Waals surface area contributed by atoms with Gasteiger partial charge in [0.1, 0.15) is 5.75 Å². The summed E-state index contributed by atoms with van der Waals surface area (Å²) in [5, 5.41) is 8.94. The van der Waals surface area contributed by atoms with Crippen molar-refractivity contribution in [2.75, 3.05) is 24.0 Å². The summed E-state index contributed by atoms with van der Waals surface area (Å²) in [4.78, 5) is 40.0. The summed E-state index contributed by atoms with van der Waals surface area (Å²) in [7, 11) is 1.56. The number of nitrogens with zero attached hydrogens (tertiary/aromatic N) is 2. The number of amides is 2. The second-order valence-corrected chi connectivity index (χ2v) is 10.7. The normalized spacial score (nSPS) is 13.4. The summed E-state index contributed by atoms with van der Waals surface area (Å²) in [5.74, 6) is -0.401. The molecule has 5 rings (SSSR count). The van der Waals surface area contributed by atoms with E-state index in [-0.39, 0.29) is 25.8 Å². The molecule has 0 saturated carbocycles. The van der Waals surface area contributed by atoms with Crippen LogP contribution in [0.4, 0.5) is 11.4 Å². The number of hydrogen-bond donors (Lipinski definition) is 1. The number of hydrogen-bond acceptors (Lipinski definition) is 7. The lowest BCUT2D eigenvalue weighted by Gasteiger charge is -2.12. The molecule has 3 aromatic carbocycles. The fourth-order valence-corrected chi connectivity index (χ4v) is 5.44. The molecule has 1 aliphatic heterocycles. The number of anilines is 2. The molecular weight excluding hydrogens is 586 g/mol. The Balaban J connectivity index is 0.00000423. The summed E-state index contributed by atoms with van der Waals surface area (Å²) in [5.41, 5.74) is 3.73. The third kappa shape index (κ3) is 6.85. The zero-order chi connectivity index (χ0) is 29.8. The topological polar surface area (TPSA) is 97.3 Å². The second kappa shape index (κ2) is 13.5. The number of halogens is 1. The fourth-order valence-electron chi connectivity index (χ4n) is 4.29. The van der Waals surface area contributed by atoms with Gasteiger partial charge >= 0.3 is 5.97 Å². The number of hydrazone groups is 1. The van der Waals surface area contributed by atoms with E-state index in [2.05, 4.69) is 10.4 Å². The van der Waals surface area contributed by atoms with E-state index in [4.69, 9.17) is 21.1 Å². The Morgan fingerprint density at radius 3 is 2.53 bits per heavy atom. The maximum Gasteiger partial charge on any atom is 0.338 e. The first-order valence-electron chi connectivity index (χ1n) is 13.0. The van der Waals surface area contributed by atoms with Gasteiger partial charge in [-0.1, -0.05) is 31.2 Å².